The molecule has 50 valence electrons. The summed E-state index contributed by atoms with van der Waals surface area (Å²) in [6.07, 6.45) is 1.26. The fraction of sp³-hybridized carbons (Fsp3) is 1.00. The molecule has 0 nitrogen and oxygen atoms in total. The minimum atomic E-state index is -0.803. The first-order valence-electron chi connectivity index (χ1n) is 3.32. The first-order valence-corrected chi connectivity index (χ1v) is 6.55. The molecule has 1 unspecified atom stereocenters. The van der Waals surface area contributed by atoms with Gasteiger partial charge in [0, 0.05) is 0 Å². The van der Waals surface area contributed by atoms with Gasteiger partial charge in [0.2, 0.25) is 0 Å². The Labute approximate surface area is 58.6 Å². The second-order valence-corrected chi connectivity index (χ2v) is 7.17. The third-order valence-corrected chi connectivity index (χ3v) is 6.03. The van der Waals surface area contributed by atoms with Crippen molar-refractivity contribution in [3.63, 3.8) is 0 Å². The van der Waals surface area contributed by atoms with Gasteiger partial charge in [0.05, 0.1) is 0 Å². The molecule has 0 aromatic heterocycles. The molecule has 2 heteroatoms. The summed E-state index contributed by atoms with van der Waals surface area (Å²) in [6, 6.07) is 1.29. The average molecular weight is 151 g/mol. The summed E-state index contributed by atoms with van der Waals surface area (Å²) in [4.78, 5) is 0. The lowest BCUT2D eigenvalue weighted by Gasteiger charge is -2.07. The topological polar surface area (TPSA) is 0 Å². The molecule has 0 aromatic rings. The molecule has 0 saturated carbocycles. The van der Waals surface area contributed by atoms with E-state index in [2.05, 4.69) is 20.8 Å². The van der Waals surface area contributed by atoms with Gasteiger partial charge in [-0.05, 0) is 11.6 Å². The summed E-state index contributed by atoms with van der Waals surface area (Å²) in [5.41, 5.74) is 0.775. The molecule has 0 heterocycles. The van der Waals surface area contributed by atoms with Crippen LogP contribution in [0.2, 0.25) is 11.6 Å². The molecule has 0 aromatic carbocycles. The van der Waals surface area contributed by atoms with Crippen LogP contribution in [0.3, 0.4) is 0 Å². The summed E-state index contributed by atoms with van der Waals surface area (Å²) in [7, 11) is -0.803. The zero-order valence-electron chi connectivity index (χ0n) is 5.95. The van der Waals surface area contributed by atoms with Crippen molar-refractivity contribution in [1.29, 1.82) is 0 Å². The molecule has 0 aliphatic rings. The van der Waals surface area contributed by atoms with Crippen molar-refractivity contribution in [1.82, 2.24) is 0 Å². The van der Waals surface area contributed by atoms with Crippen molar-refractivity contribution in [2.24, 2.45) is 0 Å². The van der Waals surface area contributed by atoms with Crippen LogP contribution in [0.5, 0.6) is 0 Å². The molecular weight excluding hydrogens is 136 g/mol. The quantitative estimate of drug-likeness (QED) is 0.429. The van der Waals surface area contributed by atoms with E-state index in [1.54, 1.807) is 0 Å². The SMILES string of the molecule is CCC[SiH](Cl)C(C)C. The van der Waals surface area contributed by atoms with Gasteiger partial charge in [-0.3, -0.25) is 0 Å². The van der Waals surface area contributed by atoms with Gasteiger partial charge in [-0.15, -0.1) is 0 Å². The largest absolute Gasteiger partial charge is 0.171 e. The lowest BCUT2D eigenvalue weighted by atomic mass is 10.6. The highest BCUT2D eigenvalue weighted by molar-refractivity contribution is 7.07. The molecule has 0 radical (unpaired) electrons. The summed E-state index contributed by atoms with van der Waals surface area (Å²) >= 11 is 6.05. The summed E-state index contributed by atoms with van der Waals surface area (Å²) in [6.45, 7) is 6.64. The highest BCUT2D eigenvalue weighted by atomic mass is 35.6. The maximum absolute atomic E-state index is 6.05. The maximum Gasteiger partial charge on any atom is 0.143 e. The zero-order valence-corrected chi connectivity index (χ0v) is 7.86. The maximum atomic E-state index is 6.05. The molecule has 0 amide bonds. The Morgan fingerprint density at radius 2 is 2.00 bits per heavy atom. The molecule has 0 aliphatic carbocycles. The van der Waals surface area contributed by atoms with Gasteiger partial charge in [-0.1, -0.05) is 27.2 Å². The fourth-order valence-electron chi connectivity index (χ4n) is 0.609. The summed E-state index contributed by atoms with van der Waals surface area (Å²) < 4.78 is 0. The van der Waals surface area contributed by atoms with E-state index in [1.165, 1.54) is 12.5 Å². The Balaban J connectivity index is 3.17. The van der Waals surface area contributed by atoms with Gasteiger partial charge in [0.25, 0.3) is 0 Å². The minimum absolute atomic E-state index is 0.775. The molecule has 0 aliphatic heterocycles. The van der Waals surface area contributed by atoms with Crippen LogP contribution in [0.25, 0.3) is 0 Å². The van der Waals surface area contributed by atoms with Crippen LogP contribution in [0.15, 0.2) is 0 Å². The number of rotatable bonds is 3. The van der Waals surface area contributed by atoms with Crippen molar-refractivity contribution in [3.05, 3.63) is 0 Å². The smallest absolute Gasteiger partial charge is 0.143 e. The van der Waals surface area contributed by atoms with E-state index in [4.69, 9.17) is 11.1 Å². The van der Waals surface area contributed by atoms with Crippen molar-refractivity contribution < 1.29 is 0 Å². The first kappa shape index (κ1) is 8.51. The van der Waals surface area contributed by atoms with Crippen molar-refractivity contribution in [2.45, 2.75) is 38.8 Å². The zero-order chi connectivity index (χ0) is 6.57. The van der Waals surface area contributed by atoms with E-state index in [0.29, 0.717) is 0 Å². The Kier molecular flexibility index (Phi) is 4.67. The van der Waals surface area contributed by atoms with Crippen LogP contribution in [-0.4, -0.2) is 8.11 Å². The predicted octanol–water partition coefficient (Wildman–Crippen LogP) is 2.77. The monoisotopic (exact) mass is 150 g/mol. The Hall–Kier alpha value is 0.507. The van der Waals surface area contributed by atoms with Crippen LogP contribution in [0.1, 0.15) is 27.2 Å². The molecule has 0 saturated heterocycles. The average Bonchev–Trinajstić information content (AvgIpc) is 1.67. The van der Waals surface area contributed by atoms with Crippen molar-refractivity contribution in [2.75, 3.05) is 0 Å². The second-order valence-electron chi connectivity index (χ2n) is 2.55. The van der Waals surface area contributed by atoms with Crippen molar-refractivity contribution in [3.8, 4) is 0 Å². The molecule has 1 atom stereocenters. The molecular formula is C6H15ClSi. The van der Waals surface area contributed by atoms with Gasteiger partial charge >= 0.3 is 0 Å². The lowest BCUT2D eigenvalue weighted by Crippen LogP contribution is -2.06. The second kappa shape index (κ2) is 4.39. The third-order valence-electron chi connectivity index (χ3n) is 1.29. The highest BCUT2D eigenvalue weighted by Crippen LogP contribution is 2.16. The van der Waals surface area contributed by atoms with Gasteiger partial charge in [0.1, 0.15) is 8.11 Å². The van der Waals surface area contributed by atoms with E-state index < -0.39 is 8.11 Å². The normalized spacial score (nSPS) is 14.6. The summed E-state index contributed by atoms with van der Waals surface area (Å²) in [5.74, 6) is 0. The number of hydrogen-bond acceptors (Lipinski definition) is 0. The third kappa shape index (κ3) is 3.50. The standard InChI is InChI=1S/C6H15ClSi/c1-4-5-8(7)6(2)3/h6,8H,4-5H2,1-3H3. The van der Waals surface area contributed by atoms with E-state index >= 15 is 0 Å². The fourth-order valence-corrected chi connectivity index (χ4v) is 2.48. The molecule has 0 fully saturated rings. The van der Waals surface area contributed by atoms with Crippen LogP contribution >= 0.6 is 11.1 Å². The van der Waals surface area contributed by atoms with Gasteiger partial charge in [0.15, 0.2) is 0 Å². The Morgan fingerprint density at radius 1 is 1.50 bits per heavy atom. The van der Waals surface area contributed by atoms with Crippen LogP contribution in [0.4, 0.5) is 0 Å². The Bertz CT molecular complexity index is 54.5. The van der Waals surface area contributed by atoms with Gasteiger partial charge in [-0.25, -0.2) is 0 Å². The van der Waals surface area contributed by atoms with E-state index in [0.717, 1.165) is 5.54 Å². The van der Waals surface area contributed by atoms with Crippen LogP contribution < -0.4 is 0 Å². The predicted molar refractivity (Wildman–Crippen MR) is 43.2 cm³/mol. The Morgan fingerprint density at radius 3 is 2.12 bits per heavy atom. The van der Waals surface area contributed by atoms with Gasteiger partial charge in [-0.2, -0.15) is 11.1 Å². The summed E-state index contributed by atoms with van der Waals surface area (Å²) in [5, 5.41) is 0. The van der Waals surface area contributed by atoms with Crippen molar-refractivity contribution >= 4 is 19.2 Å². The van der Waals surface area contributed by atoms with E-state index in [-0.39, 0.29) is 0 Å². The molecule has 0 N–H and O–H groups in total. The molecule has 0 spiro atoms. The molecule has 0 bridgehead atoms. The minimum Gasteiger partial charge on any atom is -0.171 e. The van der Waals surface area contributed by atoms with Crippen LogP contribution in [-0.2, 0) is 0 Å². The number of halogens is 1. The number of hydrogen-bond donors (Lipinski definition) is 0. The highest BCUT2D eigenvalue weighted by Gasteiger charge is 2.08. The van der Waals surface area contributed by atoms with E-state index in [9.17, 15) is 0 Å². The molecule has 8 heavy (non-hydrogen) atoms. The lowest BCUT2D eigenvalue weighted by molar-refractivity contribution is 0.993. The molecule has 0 rings (SSSR count). The van der Waals surface area contributed by atoms with Crippen LogP contribution in [0, 0.1) is 0 Å². The van der Waals surface area contributed by atoms with E-state index in [1.807, 2.05) is 0 Å². The van der Waals surface area contributed by atoms with Gasteiger partial charge < -0.3 is 0 Å². The first-order chi connectivity index (χ1) is 3.68.